The number of hydrogen-bond acceptors (Lipinski definition) is 7. The first-order valence-corrected chi connectivity index (χ1v) is 15.7. The van der Waals surface area contributed by atoms with Crippen molar-refractivity contribution in [3.8, 4) is 11.3 Å². The fourth-order valence-electron chi connectivity index (χ4n) is 5.27. The van der Waals surface area contributed by atoms with Crippen molar-refractivity contribution >= 4 is 44.7 Å². The van der Waals surface area contributed by atoms with E-state index in [1.54, 1.807) is 6.07 Å². The molecule has 1 unspecified atom stereocenters. The highest BCUT2D eigenvalue weighted by molar-refractivity contribution is 7.91. The fraction of sp³-hybridized carbons (Fsp3) is 0.444. The summed E-state index contributed by atoms with van der Waals surface area (Å²) in [5.41, 5.74) is 0.814. The fourth-order valence-corrected chi connectivity index (χ4v) is 8.56. The molecule has 0 amide bonds. The third kappa shape index (κ3) is 6.05. The van der Waals surface area contributed by atoms with Crippen LogP contribution in [0.1, 0.15) is 50.3 Å². The summed E-state index contributed by atoms with van der Waals surface area (Å²) in [5, 5.41) is 0. The Bertz CT molecular complexity index is 1500. The van der Waals surface area contributed by atoms with Gasteiger partial charge in [-0.3, -0.25) is 4.79 Å². The lowest BCUT2D eigenvalue weighted by molar-refractivity contribution is -0.137. The number of alkyl halides is 3. The number of aromatic nitrogens is 2. The number of aryl methyl sites for hydroxylation is 1. The van der Waals surface area contributed by atoms with Gasteiger partial charge in [0.1, 0.15) is 4.21 Å². The summed E-state index contributed by atoms with van der Waals surface area (Å²) in [5.74, 6) is 0.277. The maximum Gasteiger partial charge on any atom is 0.416 e. The topological polar surface area (TPSA) is 83.5 Å². The second-order valence-corrected chi connectivity index (χ2v) is 13.9. The number of halogens is 4. The molecule has 2 fully saturated rings. The van der Waals surface area contributed by atoms with Gasteiger partial charge in [0, 0.05) is 36.8 Å². The lowest BCUT2D eigenvalue weighted by Crippen LogP contribution is -2.40. The van der Waals surface area contributed by atoms with Crippen molar-refractivity contribution in [2.45, 2.75) is 67.9 Å². The quantitative estimate of drug-likeness (QED) is 0.300. The SMILES string of the molecule is CC1CCCN1c1nc(CCC(=O)[C@@H]2CCCN2S(=O)(=O)c2ccc(Cl)s2)cc(-c2ccc(C(F)(F)F)cc2)n1. The molecule has 1 aromatic carbocycles. The first-order chi connectivity index (χ1) is 18.9. The zero-order valence-corrected chi connectivity index (χ0v) is 24.1. The summed E-state index contributed by atoms with van der Waals surface area (Å²) in [4.78, 5) is 24.7. The van der Waals surface area contributed by atoms with Crippen molar-refractivity contribution in [1.82, 2.24) is 14.3 Å². The van der Waals surface area contributed by atoms with Crippen molar-refractivity contribution in [2.24, 2.45) is 0 Å². The summed E-state index contributed by atoms with van der Waals surface area (Å²) in [7, 11) is -3.84. The molecule has 2 atom stereocenters. The molecule has 7 nitrogen and oxygen atoms in total. The van der Waals surface area contributed by atoms with Crippen LogP contribution in [0.15, 0.2) is 46.7 Å². The number of nitrogens with zero attached hydrogens (tertiary/aromatic N) is 4. The number of ketones is 1. The van der Waals surface area contributed by atoms with E-state index in [0.29, 0.717) is 40.1 Å². The van der Waals surface area contributed by atoms with E-state index < -0.39 is 27.8 Å². The predicted octanol–water partition coefficient (Wildman–Crippen LogP) is 6.22. The summed E-state index contributed by atoms with van der Waals surface area (Å²) in [6.07, 6.45) is -1.15. The maximum atomic E-state index is 13.3. The molecule has 0 bridgehead atoms. The van der Waals surface area contributed by atoms with Crippen LogP contribution in [0.5, 0.6) is 0 Å². The second kappa shape index (κ2) is 11.4. The van der Waals surface area contributed by atoms with E-state index in [1.807, 2.05) is 0 Å². The molecule has 0 spiro atoms. The van der Waals surface area contributed by atoms with Gasteiger partial charge in [-0.1, -0.05) is 23.7 Å². The molecule has 5 rings (SSSR count). The predicted molar refractivity (Wildman–Crippen MR) is 148 cm³/mol. The number of carbonyl (C=O) groups excluding carboxylic acids is 1. The summed E-state index contributed by atoms with van der Waals surface area (Å²) in [6.45, 7) is 3.09. The van der Waals surface area contributed by atoms with Crippen LogP contribution in [-0.4, -0.2) is 53.6 Å². The standard InChI is InChI=1S/C27H28ClF3N4O3S2/c1-17-4-2-14-34(17)26-32-20(16-21(33-26)18-6-8-19(9-7-18)27(29,30)31)10-11-23(36)22-5-3-15-35(22)40(37,38)25-13-12-24(28)39-25/h6-9,12-13,16-17,22H,2-5,10-11,14-15H2,1H3/t17?,22-/m0/s1. The number of Topliss-reactive ketones (excluding diaryl/α,β-unsaturated/α-hetero) is 1. The van der Waals surface area contributed by atoms with E-state index in [9.17, 15) is 26.4 Å². The Morgan fingerprint density at radius 3 is 2.42 bits per heavy atom. The van der Waals surface area contributed by atoms with Gasteiger partial charge in [0.25, 0.3) is 10.0 Å². The molecule has 13 heteroatoms. The average Bonchev–Trinajstić information content (AvgIpc) is 3.68. The zero-order valence-electron chi connectivity index (χ0n) is 21.7. The van der Waals surface area contributed by atoms with Gasteiger partial charge < -0.3 is 4.90 Å². The molecule has 2 aliphatic heterocycles. The monoisotopic (exact) mass is 612 g/mol. The normalized spacial score (nSPS) is 20.4. The number of anilines is 1. The highest BCUT2D eigenvalue weighted by Crippen LogP contribution is 2.34. The number of carbonyl (C=O) groups is 1. The number of sulfonamides is 1. The third-order valence-electron chi connectivity index (χ3n) is 7.40. The molecule has 214 valence electrons. The average molecular weight is 613 g/mol. The Hall–Kier alpha value is -2.54. The van der Waals surface area contributed by atoms with Gasteiger partial charge in [-0.25, -0.2) is 18.4 Å². The van der Waals surface area contributed by atoms with Gasteiger partial charge in [0.15, 0.2) is 5.78 Å². The highest BCUT2D eigenvalue weighted by Gasteiger charge is 2.39. The van der Waals surface area contributed by atoms with Crippen LogP contribution in [0.4, 0.5) is 19.1 Å². The van der Waals surface area contributed by atoms with E-state index in [0.717, 1.165) is 42.9 Å². The Kier molecular flexibility index (Phi) is 8.24. The van der Waals surface area contributed by atoms with Gasteiger partial charge in [-0.15, -0.1) is 11.3 Å². The molecule has 0 radical (unpaired) electrons. The molecule has 0 aliphatic carbocycles. The van der Waals surface area contributed by atoms with E-state index >= 15 is 0 Å². The molecular formula is C27H28ClF3N4O3S2. The zero-order chi connectivity index (χ0) is 28.7. The van der Waals surface area contributed by atoms with E-state index in [1.165, 1.54) is 28.6 Å². The van der Waals surface area contributed by atoms with Crippen LogP contribution in [0, 0.1) is 0 Å². The Morgan fingerprint density at radius 1 is 1.07 bits per heavy atom. The molecule has 0 N–H and O–H groups in total. The van der Waals surface area contributed by atoms with Crippen molar-refractivity contribution in [3.63, 3.8) is 0 Å². The lowest BCUT2D eigenvalue weighted by Gasteiger charge is -2.23. The number of thiophene rings is 1. The van der Waals surface area contributed by atoms with Gasteiger partial charge in [-0.05, 0) is 69.4 Å². The van der Waals surface area contributed by atoms with Crippen LogP contribution in [0.2, 0.25) is 4.34 Å². The second-order valence-electron chi connectivity index (χ2n) is 10.1. The molecule has 2 aliphatic rings. The van der Waals surface area contributed by atoms with E-state index in [2.05, 4.69) is 16.8 Å². The Labute approximate surface area is 240 Å². The van der Waals surface area contributed by atoms with Crippen LogP contribution in [0.25, 0.3) is 11.3 Å². The molecule has 40 heavy (non-hydrogen) atoms. The minimum Gasteiger partial charge on any atom is -0.338 e. The number of hydrogen-bond donors (Lipinski definition) is 0. The molecular weight excluding hydrogens is 585 g/mol. The van der Waals surface area contributed by atoms with Gasteiger partial charge >= 0.3 is 6.18 Å². The molecule has 4 heterocycles. The van der Waals surface area contributed by atoms with Crippen LogP contribution < -0.4 is 4.90 Å². The van der Waals surface area contributed by atoms with Gasteiger partial charge in [0.2, 0.25) is 5.95 Å². The first-order valence-electron chi connectivity index (χ1n) is 13.1. The summed E-state index contributed by atoms with van der Waals surface area (Å²) < 4.78 is 67.4. The van der Waals surface area contributed by atoms with Crippen LogP contribution >= 0.6 is 22.9 Å². The van der Waals surface area contributed by atoms with Crippen molar-refractivity contribution < 1.29 is 26.4 Å². The third-order valence-corrected chi connectivity index (χ3v) is 11.0. The maximum absolute atomic E-state index is 13.3. The Balaban J connectivity index is 1.38. The summed E-state index contributed by atoms with van der Waals surface area (Å²) >= 11 is 6.91. The lowest BCUT2D eigenvalue weighted by atomic mass is 10.0. The van der Waals surface area contributed by atoms with Crippen LogP contribution in [-0.2, 0) is 27.4 Å². The summed E-state index contributed by atoms with van der Waals surface area (Å²) in [6, 6.07) is 8.92. The van der Waals surface area contributed by atoms with Crippen LogP contribution in [0.3, 0.4) is 0 Å². The molecule has 2 aromatic heterocycles. The van der Waals surface area contributed by atoms with Gasteiger partial charge in [-0.2, -0.15) is 17.5 Å². The highest BCUT2D eigenvalue weighted by atomic mass is 35.5. The largest absolute Gasteiger partial charge is 0.416 e. The van der Waals surface area contributed by atoms with E-state index in [-0.39, 0.29) is 35.4 Å². The minimum atomic E-state index is -4.44. The first kappa shape index (κ1) is 29.0. The molecule has 3 aromatic rings. The van der Waals surface area contributed by atoms with Gasteiger partial charge in [0.05, 0.1) is 21.6 Å². The number of rotatable bonds is 8. The van der Waals surface area contributed by atoms with E-state index in [4.69, 9.17) is 16.6 Å². The molecule has 0 saturated carbocycles. The smallest absolute Gasteiger partial charge is 0.338 e. The molecule has 2 saturated heterocycles. The minimum absolute atomic E-state index is 0.0698. The van der Waals surface area contributed by atoms with Crippen molar-refractivity contribution in [2.75, 3.05) is 18.0 Å². The number of benzene rings is 1. The van der Waals surface area contributed by atoms with Crippen molar-refractivity contribution in [1.29, 1.82) is 0 Å². The van der Waals surface area contributed by atoms with Crippen molar-refractivity contribution in [3.05, 3.63) is 58.1 Å². The Morgan fingerprint density at radius 2 is 1.80 bits per heavy atom.